The Labute approximate surface area is 143 Å². The average molecular weight is 323 g/mol. The molecule has 3 rings (SSSR count). The van der Waals surface area contributed by atoms with Crippen LogP contribution in [0.2, 0.25) is 0 Å². The molecule has 1 heterocycles. The topological polar surface area (TPSA) is 44.4 Å². The van der Waals surface area contributed by atoms with Crippen LogP contribution >= 0.6 is 0 Å². The summed E-state index contributed by atoms with van der Waals surface area (Å²) in [6.45, 7) is 4.77. The number of urea groups is 1. The summed E-state index contributed by atoms with van der Waals surface area (Å²) in [5.41, 5.74) is 4.76. The number of fused-ring (bicyclic) bond motifs is 1. The maximum absolute atomic E-state index is 11.9. The molecule has 2 aromatic rings. The Morgan fingerprint density at radius 3 is 2.92 bits per heavy atom. The van der Waals surface area contributed by atoms with Gasteiger partial charge < -0.3 is 15.5 Å². The van der Waals surface area contributed by atoms with E-state index in [1.54, 1.807) is 0 Å². The molecular formula is C20H25N3O. The fourth-order valence-corrected chi connectivity index (χ4v) is 3.21. The van der Waals surface area contributed by atoms with Crippen molar-refractivity contribution in [3.8, 4) is 0 Å². The van der Waals surface area contributed by atoms with Gasteiger partial charge in [-0.3, -0.25) is 0 Å². The molecule has 4 nitrogen and oxygen atoms in total. The number of rotatable bonds is 5. The normalized spacial score (nSPS) is 13.3. The van der Waals surface area contributed by atoms with Crippen LogP contribution in [0.15, 0.2) is 48.5 Å². The molecule has 0 saturated heterocycles. The van der Waals surface area contributed by atoms with Crippen molar-refractivity contribution in [1.29, 1.82) is 0 Å². The van der Waals surface area contributed by atoms with E-state index in [4.69, 9.17) is 0 Å². The zero-order valence-corrected chi connectivity index (χ0v) is 14.2. The Morgan fingerprint density at radius 1 is 1.17 bits per heavy atom. The third-order valence-corrected chi connectivity index (χ3v) is 4.37. The van der Waals surface area contributed by atoms with Crippen molar-refractivity contribution in [3.05, 3.63) is 59.7 Å². The molecule has 0 saturated carbocycles. The van der Waals surface area contributed by atoms with Crippen molar-refractivity contribution in [2.45, 2.75) is 26.2 Å². The lowest BCUT2D eigenvalue weighted by Gasteiger charge is -2.31. The third-order valence-electron chi connectivity index (χ3n) is 4.37. The molecule has 1 aliphatic heterocycles. The second-order valence-corrected chi connectivity index (χ2v) is 6.32. The highest BCUT2D eigenvalue weighted by Crippen LogP contribution is 2.26. The van der Waals surface area contributed by atoms with Gasteiger partial charge in [0.25, 0.3) is 0 Å². The summed E-state index contributed by atoms with van der Waals surface area (Å²) in [6, 6.07) is 16.3. The predicted octanol–water partition coefficient (Wildman–Crippen LogP) is 3.96. The molecule has 0 spiro atoms. The largest absolute Gasteiger partial charge is 0.371 e. The van der Waals surface area contributed by atoms with Crippen LogP contribution in [-0.4, -0.2) is 25.7 Å². The van der Waals surface area contributed by atoms with E-state index in [0.717, 1.165) is 30.8 Å². The summed E-state index contributed by atoms with van der Waals surface area (Å²) in [5.74, 6) is 0. The van der Waals surface area contributed by atoms with Crippen molar-refractivity contribution in [2.75, 3.05) is 29.9 Å². The lowest BCUT2D eigenvalue weighted by Crippen LogP contribution is -2.34. The Kier molecular flexibility index (Phi) is 5.36. The monoisotopic (exact) mass is 323 g/mol. The van der Waals surface area contributed by atoms with Gasteiger partial charge in [-0.2, -0.15) is 0 Å². The van der Waals surface area contributed by atoms with E-state index in [-0.39, 0.29) is 6.03 Å². The number of aryl methyl sites for hydroxylation is 2. The molecule has 0 radical (unpaired) electrons. The van der Waals surface area contributed by atoms with E-state index in [2.05, 4.69) is 39.8 Å². The van der Waals surface area contributed by atoms with E-state index in [1.807, 2.05) is 31.2 Å². The highest BCUT2D eigenvalue weighted by Gasteiger charge is 2.15. The number of amides is 2. The second-order valence-electron chi connectivity index (χ2n) is 6.32. The van der Waals surface area contributed by atoms with E-state index >= 15 is 0 Å². The summed E-state index contributed by atoms with van der Waals surface area (Å²) in [5, 5.41) is 5.81. The van der Waals surface area contributed by atoms with Crippen molar-refractivity contribution < 1.29 is 4.79 Å². The Bertz CT molecular complexity index is 699. The SMILES string of the molecule is Cc1cccc(NC(=O)NCCCN2CCCc3ccccc32)c1. The smallest absolute Gasteiger partial charge is 0.319 e. The molecule has 0 atom stereocenters. The quantitative estimate of drug-likeness (QED) is 0.818. The molecule has 0 aromatic heterocycles. The lowest BCUT2D eigenvalue weighted by atomic mass is 10.0. The molecule has 0 aliphatic carbocycles. The molecule has 2 N–H and O–H groups in total. The summed E-state index contributed by atoms with van der Waals surface area (Å²) in [6.07, 6.45) is 3.32. The Morgan fingerprint density at radius 2 is 2.04 bits per heavy atom. The summed E-state index contributed by atoms with van der Waals surface area (Å²) in [4.78, 5) is 14.4. The van der Waals surface area contributed by atoms with Crippen LogP contribution in [0.4, 0.5) is 16.2 Å². The van der Waals surface area contributed by atoms with Gasteiger partial charge in [-0.15, -0.1) is 0 Å². The van der Waals surface area contributed by atoms with Gasteiger partial charge in [0.15, 0.2) is 0 Å². The number of carbonyl (C=O) groups excluding carboxylic acids is 1. The standard InChI is InChI=1S/C20H25N3O/c1-16-7-4-10-18(15-16)22-20(24)21-12-6-14-23-13-5-9-17-8-2-3-11-19(17)23/h2-4,7-8,10-11,15H,5-6,9,12-14H2,1H3,(H2,21,22,24). The van der Waals surface area contributed by atoms with Gasteiger partial charge in [0.1, 0.15) is 0 Å². The highest BCUT2D eigenvalue weighted by molar-refractivity contribution is 5.89. The van der Waals surface area contributed by atoms with E-state index < -0.39 is 0 Å². The van der Waals surface area contributed by atoms with Crippen LogP contribution < -0.4 is 15.5 Å². The zero-order valence-electron chi connectivity index (χ0n) is 14.2. The number of benzene rings is 2. The van der Waals surface area contributed by atoms with E-state index in [0.29, 0.717) is 6.54 Å². The molecule has 1 aliphatic rings. The van der Waals surface area contributed by atoms with Crippen LogP contribution in [0, 0.1) is 6.92 Å². The van der Waals surface area contributed by atoms with Gasteiger partial charge >= 0.3 is 6.03 Å². The average Bonchev–Trinajstić information content (AvgIpc) is 2.59. The number of para-hydroxylation sites is 1. The van der Waals surface area contributed by atoms with Crippen LogP contribution in [0.1, 0.15) is 24.0 Å². The molecule has 24 heavy (non-hydrogen) atoms. The van der Waals surface area contributed by atoms with Gasteiger partial charge in [-0.25, -0.2) is 4.79 Å². The molecule has 2 amide bonds. The minimum absolute atomic E-state index is 0.139. The molecular weight excluding hydrogens is 298 g/mol. The van der Waals surface area contributed by atoms with Gasteiger partial charge in [-0.05, 0) is 55.5 Å². The molecule has 126 valence electrons. The fraction of sp³-hybridized carbons (Fsp3) is 0.350. The van der Waals surface area contributed by atoms with E-state index in [9.17, 15) is 4.79 Å². The molecule has 0 fully saturated rings. The maximum Gasteiger partial charge on any atom is 0.319 e. The summed E-state index contributed by atoms with van der Waals surface area (Å²) in [7, 11) is 0. The minimum Gasteiger partial charge on any atom is -0.371 e. The summed E-state index contributed by atoms with van der Waals surface area (Å²) >= 11 is 0. The van der Waals surface area contributed by atoms with Gasteiger partial charge in [0.05, 0.1) is 0 Å². The first-order valence-corrected chi connectivity index (χ1v) is 8.67. The molecule has 0 bridgehead atoms. The highest BCUT2D eigenvalue weighted by atomic mass is 16.2. The van der Waals surface area contributed by atoms with E-state index in [1.165, 1.54) is 24.1 Å². The number of hydrogen-bond acceptors (Lipinski definition) is 2. The first-order valence-electron chi connectivity index (χ1n) is 8.67. The second kappa shape index (κ2) is 7.86. The lowest BCUT2D eigenvalue weighted by molar-refractivity contribution is 0.252. The maximum atomic E-state index is 11.9. The van der Waals surface area contributed by atoms with Gasteiger partial charge in [-0.1, -0.05) is 30.3 Å². The van der Waals surface area contributed by atoms with Crippen molar-refractivity contribution in [2.24, 2.45) is 0 Å². The molecule has 4 heteroatoms. The fourth-order valence-electron chi connectivity index (χ4n) is 3.21. The number of anilines is 2. The van der Waals surface area contributed by atoms with Crippen LogP contribution in [0.5, 0.6) is 0 Å². The molecule has 0 unspecified atom stereocenters. The molecule has 2 aromatic carbocycles. The first-order chi connectivity index (χ1) is 11.7. The van der Waals surface area contributed by atoms with Gasteiger partial charge in [0.2, 0.25) is 0 Å². The van der Waals surface area contributed by atoms with Gasteiger partial charge in [0, 0.05) is 31.0 Å². The van der Waals surface area contributed by atoms with Crippen LogP contribution in [0.25, 0.3) is 0 Å². The number of nitrogens with zero attached hydrogens (tertiary/aromatic N) is 1. The predicted molar refractivity (Wildman–Crippen MR) is 99.8 cm³/mol. The van der Waals surface area contributed by atoms with Crippen LogP contribution in [0.3, 0.4) is 0 Å². The van der Waals surface area contributed by atoms with Crippen molar-refractivity contribution >= 4 is 17.4 Å². The number of carbonyl (C=O) groups is 1. The Balaban J connectivity index is 1.42. The summed E-state index contributed by atoms with van der Waals surface area (Å²) < 4.78 is 0. The third kappa shape index (κ3) is 4.28. The first kappa shape index (κ1) is 16.4. The zero-order chi connectivity index (χ0) is 16.8. The number of nitrogens with one attached hydrogen (secondary N) is 2. The Hall–Kier alpha value is -2.49. The van der Waals surface area contributed by atoms with Crippen molar-refractivity contribution in [3.63, 3.8) is 0 Å². The number of hydrogen-bond donors (Lipinski definition) is 2. The van der Waals surface area contributed by atoms with Crippen LogP contribution in [-0.2, 0) is 6.42 Å². The van der Waals surface area contributed by atoms with Crippen molar-refractivity contribution in [1.82, 2.24) is 5.32 Å². The minimum atomic E-state index is -0.139.